The molecule has 1 aliphatic rings. The zero-order chi connectivity index (χ0) is 15.4. The Labute approximate surface area is 125 Å². The van der Waals surface area contributed by atoms with Gasteiger partial charge in [0.25, 0.3) is 5.91 Å². The molecule has 0 heterocycles. The quantitative estimate of drug-likeness (QED) is 0.818. The van der Waals surface area contributed by atoms with Crippen LogP contribution in [0.3, 0.4) is 0 Å². The molecular formula is C17H21NO3. The van der Waals surface area contributed by atoms with Crippen molar-refractivity contribution >= 4 is 18.0 Å². The third-order valence-corrected chi connectivity index (χ3v) is 3.62. The molecule has 1 fully saturated rings. The highest BCUT2D eigenvalue weighted by Crippen LogP contribution is 2.29. The number of carboxylic acid groups (broad SMARTS) is 1. The van der Waals surface area contributed by atoms with Gasteiger partial charge in [0.15, 0.2) is 0 Å². The topological polar surface area (TPSA) is 57.6 Å². The van der Waals surface area contributed by atoms with Gasteiger partial charge in [0.05, 0.1) is 0 Å². The van der Waals surface area contributed by atoms with Gasteiger partial charge in [-0.15, -0.1) is 0 Å². The van der Waals surface area contributed by atoms with Gasteiger partial charge >= 0.3 is 5.97 Å². The van der Waals surface area contributed by atoms with Crippen molar-refractivity contribution in [1.82, 2.24) is 4.90 Å². The molecule has 4 heteroatoms. The van der Waals surface area contributed by atoms with Crippen LogP contribution >= 0.6 is 0 Å². The second-order valence-corrected chi connectivity index (χ2v) is 5.48. The molecule has 1 saturated carbocycles. The second kappa shape index (κ2) is 6.57. The molecule has 0 spiro atoms. The Kier molecular flexibility index (Phi) is 4.78. The number of hydrogen-bond donors (Lipinski definition) is 1. The van der Waals surface area contributed by atoms with Gasteiger partial charge in [-0.1, -0.05) is 19.1 Å². The standard InChI is InChI=1S/C17H21NO3/c1-3-10-18(14-7-8-14)17(21)15-11-13(5-4-12(15)2)6-9-16(19)20/h4-6,9,11,14H,3,7-8,10H2,1-2H3,(H,19,20). The van der Waals surface area contributed by atoms with Crippen molar-refractivity contribution in [2.24, 2.45) is 0 Å². The maximum Gasteiger partial charge on any atom is 0.328 e. The molecule has 1 aromatic carbocycles. The van der Waals surface area contributed by atoms with Crippen LogP contribution in [-0.2, 0) is 4.79 Å². The van der Waals surface area contributed by atoms with Gasteiger partial charge in [0.1, 0.15) is 0 Å². The number of hydrogen-bond acceptors (Lipinski definition) is 2. The van der Waals surface area contributed by atoms with Crippen molar-refractivity contribution in [3.8, 4) is 0 Å². The van der Waals surface area contributed by atoms with Crippen LogP contribution < -0.4 is 0 Å². The lowest BCUT2D eigenvalue weighted by Crippen LogP contribution is -2.34. The molecule has 1 aliphatic carbocycles. The Bertz CT molecular complexity index is 573. The molecule has 4 nitrogen and oxygen atoms in total. The number of amides is 1. The summed E-state index contributed by atoms with van der Waals surface area (Å²) in [6.07, 6.45) is 5.72. The van der Waals surface area contributed by atoms with E-state index in [1.54, 1.807) is 6.07 Å². The third kappa shape index (κ3) is 3.94. The van der Waals surface area contributed by atoms with Crippen LogP contribution in [0.25, 0.3) is 6.08 Å². The van der Waals surface area contributed by atoms with Crippen LogP contribution in [0.1, 0.15) is 47.7 Å². The average molecular weight is 287 g/mol. The first-order chi connectivity index (χ1) is 10.0. The van der Waals surface area contributed by atoms with E-state index in [4.69, 9.17) is 5.11 Å². The largest absolute Gasteiger partial charge is 0.478 e. The van der Waals surface area contributed by atoms with Gasteiger partial charge in [-0.2, -0.15) is 0 Å². The number of carboxylic acids is 1. The first-order valence-electron chi connectivity index (χ1n) is 7.35. The van der Waals surface area contributed by atoms with Crippen LogP contribution in [0.2, 0.25) is 0 Å². The Balaban J connectivity index is 2.26. The maximum atomic E-state index is 12.7. The molecule has 21 heavy (non-hydrogen) atoms. The number of carbonyl (C=O) groups is 2. The van der Waals surface area contributed by atoms with Crippen molar-refractivity contribution in [2.45, 2.75) is 39.2 Å². The monoisotopic (exact) mass is 287 g/mol. The highest BCUT2D eigenvalue weighted by atomic mass is 16.4. The van der Waals surface area contributed by atoms with E-state index < -0.39 is 5.97 Å². The van der Waals surface area contributed by atoms with Crippen molar-refractivity contribution < 1.29 is 14.7 Å². The molecule has 1 amide bonds. The number of aliphatic carboxylic acids is 1. The average Bonchev–Trinajstić information content (AvgIpc) is 3.27. The van der Waals surface area contributed by atoms with Gasteiger partial charge in [-0.3, -0.25) is 4.79 Å². The van der Waals surface area contributed by atoms with E-state index in [-0.39, 0.29) is 5.91 Å². The number of rotatable bonds is 6. The zero-order valence-corrected chi connectivity index (χ0v) is 12.5. The molecule has 0 aromatic heterocycles. The van der Waals surface area contributed by atoms with Crippen molar-refractivity contribution in [3.63, 3.8) is 0 Å². The molecule has 0 bridgehead atoms. The molecule has 2 rings (SSSR count). The number of aryl methyl sites for hydroxylation is 1. The summed E-state index contributed by atoms with van der Waals surface area (Å²) >= 11 is 0. The Morgan fingerprint density at radius 3 is 2.67 bits per heavy atom. The lowest BCUT2D eigenvalue weighted by atomic mass is 10.0. The molecule has 1 N–H and O–H groups in total. The smallest absolute Gasteiger partial charge is 0.328 e. The summed E-state index contributed by atoms with van der Waals surface area (Å²) in [6.45, 7) is 4.76. The SMILES string of the molecule is CCCN(C(=O)c1cc(C=CC(=O)O)ccc1C)C1CC1. The minimum Gasteiger partial charge on any atom is -0.478 e. The van der Waals surface area contributed by atoms with Crippen LogP contribution in [0.4, 0.5) is 0 Å². The lowest BCUT2D eigenvalue weighted by molar-refractivity contribution is -0.131. The fourth-order valence-electron chi connectivity index (χ4n) is 2.37. The predicted molar refractivity (Wildman–Crippen MR) is 82.2 cm³/mol. The van der Waals surface area contributed by atoms with E-state index in [0.29, 0.717) is 11.6 Å². The third-order valence-electron chi connectivity index (χ3n) is 3.62. The van der Waals surface area contributed by atoms with Crippen molar-refractivity contribution in [2.75, 3.05) is 6.54 Å². The fraction of sp³-hybridized carbons (Fsp3) is 0.412. The fourth-order valence-corrected chi connectivity index (χ4v) is 2.37. The summed E-state index contributed by atoms with van der Waals surface area (Å²) in [4.78, 5) is 25.3. The molecule has 112 valence electrons. The van der Waals surface area contributed by atoms with Crippen LogP contribution in [0.15, 0.2) is 24.3 Å². The summed E-state index contributed by atoms with van der Waals surface area (Å²) in [5.41, 5.74) is 2.33. The van der Waals surface area contributed by atoms with Gasteiger partial charge in [-0.05, 0) is 49.5 Å². The molecule has 0 radical (unpaired) electrons. The molecule has 1 aromatic rings. The Morgan fingerprint density at radius 2 is 2.10 bits per heavy atom. The maximum absolute atomic E-state index is 12.7. The predicted octanol–water partition coefficient (Wildman–Crippen LogP) is 3.11. The summed E-state index contributed by atoms with van der Waals surface area (Å²) < 4.78 is 0. The van der Waals surface area contributed by atoms with E-state index in [2.05, 4.69) is 6.92 Å². The lowest BCUT2D eigenvalue weighted by Gasteiger charge is -2.23. The summed E-state index contributed by atoms with van der Waals surface area (Å²) in [6, 6.07) is 5.86. The van der Waals surface area contributed by atoms with E-state index >= 15 is 0 Å². The molecule has 0 atom stereocenters. The van der Waals surface area contributed by atoms with Crippen LogP contribution in [0, 0.1) is 6.92 Å². The summed E-state index contributed by atoms with van der Waals surface area (Å²) in [5, 5.41) is 8.69. The highest BCUT2D eigenvalue weighted by Gasteiger charge is 2.32. The summed E-state index contributed by atoms with van der Waals surface area (Å²) in [5.74, 6) is -0.934. The van der Waals surface area contributed by atoms with E-state index in [0.717, 1.165) is 43.0 Å². The first-order valence-corrected chi connectivity index (χ1v) is 7.35. The van der Waals surface area contributed by atoms with E-state index in [9.17, 15) is 9.59 Å². The first kappa shape index (κ1) is 15.3. The van der Waals surface area contributed by atoms with E-state index in [1.807, 2.05) is 24.0 Å². The van der Waals surface area contributed by atoms with Crippen LogP contribution in [-0.4, -0.2) is 34.5 Å². The van der Waals surface area contributed by atoms with Gasteiger partial charge in [0, 0.05) is 24.2 Å². The normalized spacial score (nSPS) is 14.4. The van der Waals surface area contributed by atoms with E-state index in [1.165, 1.54) is 6.08 Å². The number of nitrogens with zero attached hydrogens (tertiary/aromatic N) is 1. The molecule has 0 unspecified atom stereocenters. The molecular weight excluding hydrogens is 266 g/mol. The number of benzene rings is 1. The molecule has 0 saturated heterocycles. The summed E-state index contributed by atoms with van der Waals surface area (Å²) in [7, 11) is 0. The minimum atomic E-state index is -0.992. The van der Waals surface area contributed by atoms with Crippen molar-refractivity contribution in [3.05, 3.63) is 41.0 Å². The zero-order valence-electron chi connectivity index (χ0n) is 12.5. The minimum absolute atomic E-state index is 0.0578. The van der Waals surface area contributed by atoms with Crippen LogP contribution in [0.5, 0.6) is 0 Å². The van der Waals surface area contributed by atoms with Gasteiger partial charge in [-0.25, -0.2) is 4.79 Å². The number of carbonyl (C=O) groups excluding carboxylic acids is 1. The highest BCUT2D eigenvalue weighted by molar-refractivity contribution is 5.97. The molecule has 0 aliphatic heterocycles. The second-order valence-electron chi connectivity index (χ2n) is 5.48. The van der Waals surface area contributed by atoms with Crippen molar-refractivity contribution in [1.29, 1.82) is 0 Å². The van der Waals surface area contributed by atoms with Gasteiger partial charge < -0.3 is 10.0 Å². The Hall–Kier alpha value is -2.10. The van der Waals surface area contributed by atoms with Gasteiger partial charge in [0.2, 0.25) is 0 Å². The Morgan fingerprint density at radius 1 is 1.38 bits per heavy atom.